The molecule has 4 heteroatoms. The minimum Gasteiger partial charge on any atom is -0.340 e. The third-order valence-corrected chi connectivity index (χ3v) is 4.51. The Kier molecular flexibility index (Phi) is 7.03. The molecule has 0 aliphatic carbocycles. The molecule has 1 fully saturated rings. The second-order valence-electron chi connectivity index (χ2n) is 5.86. The first-order valence-electron chi connectivity index (χ1n) is 8.07. The SMILES string of the molecule is CCC(C)N(CCC(=O)N1CCCCC1CC)C(C)=O. The summed E-state index contributed by atoms with van der Waals surface area (Å²) in [6.45, 7) is 9.29. The van der Waals surface area contributed by atoms with Crippen LogP contribution < -0.4 is 0 Å². The van der Waals surface area contributed by atoms with Crippen LogP contribution in [0.3, 0.4) is 0 Å². The van der Waals surface area contributed by atoms with E-state index in [0.717, 1.165) is 32.2 Å². The molecule has 20 heavy (non-hydrogen) atoms. The predicted molar refractivity (Wildman–Crippen MR) is 81.4 cm³/mol. The van der Waals surface area contributed by atoms with Crippen LogP contribution in [0.4, 0.5) is 0 Å². The van der Waals surface area contributed by atoms with Crippen molar-refractivity contribution in [2.75, 3.05) is 13.1 Å². The van der Waals surface area contributed by atoms with Gasteiger partial charge in [-0.1, -0.05) is 13.8 Å². The minimum absolute atomic E-state index is 0.0674. The molecule has 1 aliphatic rings. The Bertz CT molecular complexity index is 330. The molecular weight excluding hydrogens is 252 g/mol. The first kappa shape index (κ1) is 17.0. The Morgan fingerprint density at radius 1 is 1.30 bits per heavy atom. The van der Waals surface area contributed by atoms with Gasteiger partial charge in [-0.15, -0.1) is 0 Å². The van der Waals surface area contributed by atoms with Crippen molar-refractivity contribution in [2.24, 2.45) is 0 Å². The second kappa shape index (κ2) is 8.28. The van der Waals surface area contributed by atoms with Crippen LogP contribution >= 0.6 is 0 Å². The summed E-state index contributed by atoms with van der Waals surface area (Å²) in [5.41, 5.74) is 0. The fourth-order valence-electron chi connectivity index (χ4n) is 3.02. The van der Waals surface area contributed by atoms with Crippen molar-refractivity contribution in [3.8, 4) is 0 Å². The van der Waals surface area contributed by atoms with Gasteiger partial charge >= 0.3 is 0 Å². The summed E-state index contributed by atoms with van der Waals surface area (Å²) in [7, 11) is 0. The van der Waals surface area contributed by atoms with Crippen molar-refractivity contribution < 1.29 is 9.59 Å². The van der Waals surface area contributed by atoms with Crippen LogP contribution in [-0.4, -0.2) is 46.8 Å². The second-order valence-corrected chi connectivity index (χ2v) is 5.86. The van der Waals surface area contributed by atoms with E-state index in [1.165, 1.54) is 6.42 Å². The van der Waals surface area contributed by atoms with Gasteiger partial charge in [-0.2, -0.15) is 0 Å². The van der Waals surface area contributed by atoms with Gasteiger partial charge in [-0.25, -0.2) is 0 Å². The van der Waals surface area contributed by atoms with Gasteiger partial charge < -0.3 is 9.80 Å². The van der Waals surface area contributed by atoms with E-state index in [-0.39, 0.29) is 17.9 Å². The largest absolute Gasteiger partial charge is 0.340 e. The fraction of sp³-hybridized carbons (Fsp3) is 0.875. The number of hydrogen-bond acceptors (Lipinski definition) is 2. The molecule has 0 spiro atoms. The molecule has 1 rings (SSSR count). The first-order valence-corrected chi connectivity index (χ1v) is 8.07. The zero-order valence-corrected chi connectivity index (χ0v) is 13.5. The third kappa shape index (κ3) is 4.50. The van der Waals surface area contributed by atoms with Gasteiger partial charge in [0.1, 0.15) is 0 Å². The molecule has 4 nitrogen and oxygen atoms in total. The number of likely N-dealkylation sites (tertiary alicyclic amines) is 1. The van der Waals surface area contributed by atoms with Gasteiger partial charge in [0, 0.05) is 38.5 Å². The number of carbonyl (C=O) groups is 2. The van der Waals surface area contributed by atoms with E-state index in [0.29, 0.717) is 19.0 Å². The summed E-state index contributed by atoms with van der Waals surface area (Å²) in [6.07, 6.45) is 5.89. The molecule has 0 aromatic heterocycles. The molecule has 2 atom stereocenters. The van der Waals surface area contributed by atoms with Crippen LogP contribution in [0.2, 0.25) is 0 Å². The molecule has 0 aromatic carbocycles. The summed E-state index contributed by atoms with van der Waals surface area (Å²) in [6, 6.07) is 0.620. The highest BCUT2D eigenvalue weighted by molar-refractivity contribution is 5.78. The van der Waals surface area contributed by atoms with Crippen LogP contribution in [0.15, 0.2) is 0 Å². The molecule has 0 radical (unpaired) electrons. The zero-order valence-electron chi connectivity index (χ0n) is 13.5. The monoisotopic (exact) mass is 282 g/mol. The highest BCUT2D eigenvalue weighted by Gasteiger charge is 2.26. The number of rotatable bonds is 6. The van der Waals surface area contributed by atoms with Gasteiger partial charge in [-0.3, -0.25) is 9.59 Å². The van der Waals surface area contributed by atoms with Crippen LogP contribution in [0.25, 0.3) is 0 Å². The number of nitrogens with zero attached hydrogens (tertiary/aromatic N) is 2. The van der Waals surface area contributed by atoms with E-state index in [4.69, 9.17) is 0 Å². The molecule has 0 bridgehead atoms. The molecule has 1 heterocycles. The summed E-state index contributed by atoms with van der Waals surface area (Å²) in [5.74, 6) is 0.281. The van der Waals surface area contributed by atoms with Gasteiger partial charge in [0.2, 0.25) is 11.8 Å². The lowest BCUT2D eigenvalue weighted by Crippen LogP contribution is -2.45. The smallest absolute Gasteiger partial charge is 0.224 e. The van der Waals surface area contributed by atoms with Crippen LogP contribution in [0.1, 0.15) is 66.2 Å². The fourth-order valence-corrected chi connectivity index (χ4v) is 3.02. The van der Waals surface area contributed by atoms with Gasteiger partial charge in [0.05, 0.1) is 0 Å². The molecule has 1 aliphatic heterocycles. The Morgan fingerprint density at radius 2 is 2.00 bits per heavy atom. The van der Waals surface area contributed by atoms with E-state index in [2.05, 4.69) is 13.8 Å². The number of amides is 2. The Labute approximate surface area is 123 Å². The minimum atomic E-state index is 0.0674. The van der Waals surface area contributed by atoms with E-state index in [1.54, 1.807) is 6.92 Å². The third-order valence-electron chi connectivity index (χ3n) is 4.51. The Morgan fingerprint density at radius 3 is 2.55 bits per heavy atom. The molecule has 2 unspecified atom stereocenters. The number of piperidine rings is 1. The molecule has 1 saturated heterocycles. The quantitative estimate of drug-likeness (QED) is 0.751. The van der Waals surface area contributed by atoms with Crippen LogP contribution in [0, 0.1) is 0 Å². The number of hydrogen-bond donors (Lipinski definition) is 0. The average Bonchev–Trinajstić information content (AvgIpc) is 2.46. The van der Waals surface area contributed by atoms with Crippen molar-refractivity contribution in [1.29, 1.82) is 0 Å². The molecule has 0 N–H and O–H groups in total. The van der Waals surface area contributed by atoms with Crippen molar-refractivity contribution in [3.63, 3.8) is 0 Å². The van der Waals surface area contributed by atoms with Gasteiger partial charge in [-0.05, 0) is 39.0 Å². The predicted octanol–water partition coefficient (Wildman–Crippen LogP) is 2.81. The maximum atomic E-state index is 12.4. The van der Waals surface area contributed by atoms with Gasteiger partial charge in [0.15, 0.2) is 0 Å². The van der Waals surface area contributed by atoms with Crippen molar-refractivity contribution in [3.05, 3.63) is 0 Å². The summed E-state index contributed by atoms with van der Waals surface area (Å²) in [5, 5.41) is 0. The highest BCUT2D eigenvalue weighted by atomic mass is 16.2. The molecule has 0 saturated carbocycles. The molecule has 2 amide bonds. The van der Waals surface area contributed by atoms with E-state index < -0.39 is 0 Å². The van der Waals surface area contributed by atoms with E-state index >= 15 is 0 Å². The Hall–Kier alpha value is -1.06. The lowest BCUT2D eigenvalue weighted by Gasteiger charge is -2.36. The van der Waals surface area contributed by atoms with E-state index in [9.17, 15) is 9.59 Å². The molecule has 0 aromatic rings. The van der Waals surface area contributed by atoms with Crippen LogP contribution in [-0.2, 0) is 9.59 Å². The van der Waals surface area contributed by atoms with E-state index in [1.807, 2.05) is 16.7 Å². The Balaban J connectivity index is 2.54. The topological polar surface area (TPSA) is 40.6 Å². The lowest BCUT2D eigenvalue weighted by atomic mass is 9.99. The average molecular weight is 282 g/mol. The summed E-state index contributed by atoms with van der Waals surface area (Å²) < 4.78 is 0. The highest BCUT2D eigenvalue weighted by Crippen LogP contribution is 2.20. The lowest BCUT2D eigenvalue weighted by molar-refractivity contribution is -0.137. The maximum Gasteiger partial charge on any atom is 0.224 e. The standard InChI is InChI=1S/C16H30N2O2/c1-5-13(3)17(14(4)19)12-10-16(20)18-11-8-7-9-15(18)6-2/h13,15H,5-12H2,1-4H3. The molecular formula is C16H30N2O2. The van der Waals surface area contributed by atoms with Crippen molar-refractivity contribution in [2.45, 2.75) is 78.3 Å². The molecule has 116 valence electrons. The van der Waals surface area contributed by atoms with Crippen molar-refractivity contribution in [1.82, 2.24) is 9.80 Å². The summed E-state index contributed by atoms with van der Waals surface area (Å²) in [4.78, 5) is 27.9. The van der Waals surface area contributed by atoms with Gasteiger partial charge in [0.25, 0.3) is 0 Å². The summed E-state index contributed by atoms with van der Waals surface area (Å²) >= 11 is 0. The maximum absolute atomic E-state index is 12.4. The normalized spacial score (nSPS) is 20.6. The first-order chi connectivity index (χ1) is 9.51. The van der Waals surface area contributed by atoms with Crippen molar-refractivity contribution >= 4 is 11.8 Å². The van der Waals surface area contributed by atoms with Crippen LogP contribution in [0.5, 0.6) is 0 Å². The number of carbonyl (C=O) groups excluding carboxylic acids is 2. The zero-order chi connectivity index (χ0) is 15.1.